The van der Waals surface area contributed by atoms with E-state index in [0.717, 1.165) is 12.2 Å². The number of esters is 1. The summed E-state index contributed by atoms with van der Waals surface area (Å²) >= 11 is 1.84. The second-order valence-electron chi connectivity index (χ2n) is 6.34. The van der Waals surface area contributed by atoms with E-state index in [0.29, 0.717) is 17.4 Å². The first-order chi connectivity index (χ1) is 10.4. The fraction of sp³-hybridized carbons (Fsp3) is 0.667. The molecule has 0 amide bonds. The van der Waals surface area contributed by atoms with Crippen molar-refractivity contribution in [2.45, 2.75) is 56.3 Å². The molecule has 3 atom stereocenters. The van der Waals surface area contributed by atoms with Crippen LogP contribution >= 0.6 is 11.8 Å². The number of nitrogens with zero attached hydrogens (tertiary/aromatic N) is 3. The lowest BCUT2D eigenvalue weighted by atomic mass is 9.92. The molecule has 0 radical (unpaired) electrons. The first-order valence-electron chi connectivity index (χ1n) is 7.63. The Kier molecular flexibility index (Phi) is 3.92. The Balaban J connectivity index is 1.91. The van der Waals surface area contributed by atoms with Gasteiger partial charge in [0, 0.05) is 11.5 Å². The van der Waals surface area contributed by atoms with E-state index in [1.165, 1.54) is 0 Å². The van der Waals surface area contributed by atoms with Crippen LogP contribution < -0.4 is 5.32 Å². The summed E-state index contributed by atoms with van der Waals surface area (Å²) in [7, 11) is 0. The van der Waals surface area contributed by atoms with Crippen molar-refractivity contribution in [3.63, 3.8) is 0 Å². The number of ether oxygens (including phenoxy) is 1. The molecule has 1 aromatic heterocycles. The molecule has 0 spiro atoms. The van der Waals surface area contributed by atoms with Gasteiger partial charge in [0.15, 0.2) is 0 Å². The monoisotopic (exact) mass is 322 g/mol. The van der Waals surface area contributed by atoms with Crippen LogP contribution in [0.25, 0.3) is 0 Å². The van der Waals surface area contributed by atoms with E-state index in [-0.39, 0.29) is 22.9 Å². The van der Waals surface area contributed by atoms with E-state index >= 15 is 0 Å². The summed E-state index contributed by atoms with van der Waals surface area (Å²) in [6.07, 6.45) is 4.51. The highest BCUT2D eigenvalue weighted by molar-refractivity contribution is 8.01. The Morgan fingerprint density at radius 1 is 1.59 bits per heavy atom. The standard InChI is InChI=1S/C15H22N4O2S/c1-5-21-14(20)10-8-17-19-12(10)18-11(6-15(19,3)4)13-16-7-9(2)22-13/h7-9,11,13,18H,5-6H2,1-4H3. The highest BCUT2D eigenvalue weighted by Crippen LogP contribution is 2.39. The van der Waals surface area contributed by atoms with E-state index in [1.807, 2.05) is 22.7 Å². The van der Waals surface area contributed by atoms with Gasteiger partial charge < -0.3 is 10.1 Å². The van der Waals surface area contributed by atoms with Gasteiger partial charge in [-0.2, -0.15) is 5.10 Å². The summed E-state index contributed by atoms with van der Waals surface area (Å²) in [6, 6.07) is 0.179. The number of carbonyl (C=O) groups is 1. The van der Waals surface area contributed by atoms with E-state index in [1.54, 1.807) is 13.1 Å². The van der Waals surface area contributed by atoms with Crippen molar-refractivity contribution in [2.24, 2.45) is 4.99 Å². The molecule has 0 bridgehead atoms. The van der Waals surface area contributed by atoms with Crippen molar-refractivity contribution in [1.29, 1.82) is 0 Å². The number of carbonyl (C=O) groups excluding carboxylic acids is 1. The summed E-state index contributed by atoms with van der Waals surface area (Å²) in [4.78, 5) is 16.7. The Bertz CT molecular complexity index is 611. The lowest BCUT2D eigenvalue weighted by molar-refractivity contribution is 0.0527. The van der Waals surface area contributed by atoms with Crippen LogP contribution in [0.5, 0.6) is 0 Å². The van der Waals surface area contributed by atoms with E-state index < -0.39 is 0 Å². The molecule has 0 aliphatic carbocycles. The van der Waals surface area contributed by atoms with E-state index in [9.17, 15) is 4.79 Å². The first-order valence-corrected chi connectivity index (χ1v) is 8.57. The third kappa shape index (κ3) is 2.62. The number of anilines is 1. The maximum absolute atomic E-state index is 12.1. The van der Waals surface area contributed by atoms with Crippen LogP contribution in [0, 0.1) is 0 Å². The summed E-state index contributed by atoms with van der Waals surface area (Å²) in [5.74, 6) is 0.415. The molecule has 3 unspecified atom stereocenters. The van der Waals surface area contributed by atoms with Crippen molar-refractivity contribution < 1.29 is 9.53 Å². The molecule has 0 saturated heterocycles. The highest BCUT2D eigenvalue weighted by atomic mass is 32.2. The summed E-state index contributed by atoms with van der Waals surface area (Å²) in [6.45, 7) is 8.59. The van der Waals surface area contributed by atoms with Crippen LogP contribution in [0.15, 0.2) is 11.2 Å². The number of hydrogen-bond acceptors (Lipinski definition) is 6. The predicted octanol–water partition coefficient (Wildman–Crippen LogP) is 2.51. The van der Waals surface area contributed by atoms with Gasteiger partial charge in [-0.1, -0.05) is 0 Å². The quantitative estimate of drug-likeness (QED) is 0.866. The predicted molar refractivity (Wildman–Crippen MR) is 88.9 cm³/mol. The molecule has 2 aliphatic heterocycles. The zero-order valence-corrected chi connectivity index (χ0v) is 14.2. The van der Waals surface area contributed by atoms with Gasteiger partial charge in [0.25, 0.3) is 0 Å². The number of nitrogens with one attached hydrogen (secondary N) is 1. The van der Waals surface area contributed by atoms with Crippen LogP contribution in [0.4, 0.5) is 5.82 Å². The zero-order chi connectivity index (χ0) is 15.9. The minimum Gasteiger partial charge on any atom is -0.462 e. The van der Waals surface area contributed by atoms with E-state index in [4.69, 9.17) is 4.74 Å². The average Bonchev–Trinajstić information content (AvgIpc) is 3.04. The lowest BCUT2D eigenvalue weighted by Gasteiger charge is -2.39. The Morgan fingerprint density at radius 3 is 3.00 bits per heavy atom. The normalized spacial score (nSPS) is 29.0. The van der Waals surface area contributed by atoms with Gasteiger partial charge in [0.05, 0.1) is 24.4 Å². The van der Waals surface area contributed by atoms with Gasteiger partial charge in [-0.05, 0) is 34.1 Å². The van der Waals surface area contributed by atoms with Gasteiger partial charge >= 0.3 is 5.97 Å². The Hall–Kier alpha value is -1.50. The molecule has 0 saturated carbocycles. The number of aromatic nitrogens is 2. The highest BCUT2D eigenvalue weighted by Gasteiger charge is 2.40. The summed E-state index contributed by atoms with van der Waals surface area (Å²) in [5.41, 5.74) is 0.331. The number of hydrogen-bond donors (Lipinski definition) is 1. The summed E-state index contributed by atoms with van der Waals surface area (Å²) < 4.78 is 7.02. The zero-order valence-electron chi connectivity index (χ0n) is 13.4. The topological polar surface area (TPSA) is 68.5 Å². The summed E-state index contributed by atoms with van der Waals surface area (Å²) in [5, 5.41) is 8.48. The second-order valence-corrected chi connectivity index (χ2v) is 7.84. The SMILES string of the molecule is CCOC(=O)c1cnn2c1NC(C1N=CC(C)S1)CC2(C)C. The maximum atomic E-state index is 12.1. The fourth-order valence-electron chi connectivity index (χ4n) is 3.02. The molecule has 0 aromatic carbocycles. The smallest absolute Gasteiger partial charge is 0.343 e. The molecule has 7 heteroatoms. The van der Waals surface area contributed by atoms with Crippen molar-refractivity contribution in [1.82, 2.24) is 9.78 Å². The fourth-order valence-corrected chi connectivity index (χ4v) is 4.10. The molecule has 6 nitrogen and oxygen atoms in total. The number of rotatable bonds is 3. The molecule has 22 heavy (non-hydrogen) atoms. The van der Waals surface area contributed by atoms with Crippen molar-refractivity contribution in [3.05, 3.63) is 11.8 Å². The van der Waals surface area contributed by atoms with Crippen LogP contribution in [0.3, 0.4) is 0 Å². The van der Waals surface area contributed by atoms with Crippen molar-refractivity contribution in [3.8, 4) is 0 Å². The van der Waals surface area contributed by atoms with Crippen LogP contribution in [-0.2, 0) is 10.3 Å². The second kappa shape index (κ2) is 5.61. The molecule has 120 valence electrons. The number of fused-ring (bicyclic) bond motifs is 1. The first kappa shape index (κ1) is 15.4. The van der Waals surface area contributed by atoms with Gasteiger partial charge in [-0.25, -0.2) is 9.48 Å². The van der Waals surface area contributed by atoms with Gasteiger partial charge in [0.2, 0.25) is 0 Å². The van der Waals surface area contributed by atoms with Gasteiger partial charge in [-0.15, -0.1) is 11.8 Å². The molecule has 3 heterocycles. The van der Waals surface area contributed by atoms with Crippen LogP contribution in [-0.4, -0.2) is 45.2 Å². The molecule has 3 rings (SSSR count). The minimum atomic E-state index is -0.330. The largest absolute Gasteiger partial charge is 0.462 e. The van der Waals surface area contributed by atoms with Crippen LogP contribution in [0.2, 0.25) is 0 Å². The molecular formula is C15H22N4O2S. The molecule has 2 aliphatic rings. The third-order valence-electron chi connectivity index (χ3n) is 4.02. The third-order valence-corrected chi connectivity index (χ3v) is 5.30. The Morgan fingerprint density at radius 2 is 2.36 bits per heavy atom. The van der Waals surface area contributed by atoms with Gasteiger partial charge in [-0.3, -0.25) is 4.99 Å². The van der Waals surface area contributed by atoms with Crippen molar-refractivity contribution in [2.75, 3.05) is 11.9 Å². The van der Waals surface area contributed by atoms with Crippen LogP contribution in [0.1, 0.15) is 44.5 Å². The van der Waals surface area contributed by atoms with Gasteiger partial charge in [0.1, 0.15) is 16.8 Å². The lowest BCUT2D eigenvalue weighted by Crippen LogP contribution is -2.45. The number of thioether (sulfide) groups is 1. The molecular weight excluding hydrogens is 300 g/mol. The molecule has 0 fully saturated rings. The van der Waals surface area contributed by atoms with Crippen molar-refractivity contribution >= 4 is 29.8 Å². The minimum absolute atomic E-state index is 0.169. The Labute approximate surface area is 134 Å². The molecule has 1 aromatic rings. The molecule has 1 N–H and O–H groups in total. The van der Waals surface area contributed by atoms with E-state index in [2.05, 4.69) is 36.2 Å². The maximum Gasteiger partial charge on any atom is 0.343 e. The number of aliphatic imine (C=N–C) groups is 1. The average molecular weight is 322 g/mol.